The van der Waals surface area contributed by atoms with Gasteiger partial charge in [0.15, 0.2) is 0 Å². The van der Waals surface area contributed by atoms with Crippen molar-refractivity contribution in [3.8, 4) is 0 Å². The fraction of sp³-hybridized carbons (Fsp3) is 0.455. The highest BCUT2D eigenvalue weighted by molar-refractivity contribution is 7.89. The molecule has 0 aliphatic heterocycles. The summed E-state index contributed by atoms with van der Waals surface area (Å²) in [6.45, 7) is 3.52. The van der Waals surface area contributed by atoms with Crippen molar-refractivity contribution in [1.82, 2.24) is 4.31 Å². The first-order chi connectivity index (χ1) is 7.50. The van der Waals surface area contributed by atoms with E-state index >= 15 is 0 Å². The van der Waals surface area contributed by atoms with Gasteiger partial charge in [-0.2, -0.15) is 4.31 Å². The minimum atomic E-state index is -3.49. The lowest BCUT2D eigenvalue weighted by Gasteiger charge is -2.24. The summed E-state index contributed by atoms with van der Waals surface area (Å²) < 4.78 is 25.7. The van der Waals surface area contributed by atoms with Crippen LogP contribution in [0.15, 0.2) is 35.2 Å². The largest absolute Gasteiger partial charge is 0.395 e. The Kier molecular flexibility index (Phi) is 4.46. The quantitative estimate of drug-likeness (QED) is 0.842. The molecule has 0 spiro atoms. The molecule has 16 heavy (non-hydrogen) atoms. The van der Waals surface area contributed by atoms with Crippen molar-refractivity contribution in [3.63, 3.8) is 0 Å². The predicted octanol–water partition coefficient (Wildman–Crippen LogP) is 1.08. The van der Waals surface area contributed by atoms with Gasteiger partial charge in [-0.3, -0.25) is 0 Å². The molecule has 0 heterocycles. The second-order valence-electron chi connectivity index (χ2n) is 3.75. The van der Waals surface area contributed by atoms with Crippen LogP contribution < -0.4 is 0 Å². The standard InChI is InChI=1S/C11H17NO3S/c1-10(2)12(8-9-13)16(14,15)11-6-4-3-5-7-11/h3-7,10,13H,8-9H2,1-2H3. The number of benzene rings is 1. The molecule has 0 radical (unpaired) electrons. The van der Waals surface area contributed by atoms with Gasteiger partial charge in [0.25, 0.3) is 0 Å². The van der Waals surface area contributed by atoms with Gasteiger partial charge in [-0.15, -0.1) is 0 Å². The summed E-state index contributed by atoms with van der Waals surface area (Å²) in [5.74, 6) is 0. The SMILES string of the molecule is CC(C)N(CCO)S(=O)(=O)c1ccccc1. The van der Waals surface area contributed by atoms with Crippen LogP contribution in [0.2, 0.25) is 0 Å². The number of aliphatic hydroxyl groups excluding tert-OH is 1. The molecule has 5 heteroatoms. The Morgan fingerprint density at radius 1 is 1.25 bits per heavy atom. The Hall–Kier alpha value is -0.910. The van der Waals surface area contributed by atoms with E-state index < -0.39 is 10.0 Å². The molecule has 1 aromatic rings. The second kappa shape index (κ2) is 5.43. The molecule has 4 nitrogen and oxygen atoms in total. The number of rotatable bonds is 5. The molecule has 0 aromatic heterocycles. The highest BCUT2D eigenvalue weighted by atomic mass is 32.2. The third kappa shape index (κ3) is 2.81. The topological polar surface area (TPSA) is 57.6 Å². The van der Waals surface area contributed by atoms with Gasteiger partial charge in [-0.1, -0.05) is 18.2 Å². The number of hydrogen-bond acceptors (Lipinski definition) is 3. The molecule has 0 atom stereocenters. The molecule has 0 saturated carbocycles. The maximum Gasteiger partial charge on any atom is 0.243 e. The molecule has 1 N–H and O–H groups in total. The van der Waals surface area contributed by atoms with E-state index in [-0.39, 0.29) is 24.1 Å². The van der Waals surface area contributed by atoms with Crippen molar-refractivity contribution < 1.29 is 13.5 Å². The fourth-order valence-corrected chi connectivity index (χ4v) is 3.13. The van der Waals surface area contributed by atoms with Crippen molar-refractivity contribution in [2.24, 2.45) is 0 Å². The summed E-state index contributed by atoms with van der Waals surface area (Å²) in [6, 6.07) is 8.08. The highest BCUT2D eigenvalue weighted by Gasteiger charge is 2.25. The molecule has 0 fully saturated rings. The Morgan fingerprint density at radius 3 is 2.25 bits per heavy atom. The van der Waals surface area contributed by atoms with Gasteiger partial charge < -0.3 is 5.11 Å². The summed E-state index contributed by atoms with van der Waals surface area (Å²) in [4.78, 5) is 0.261. The zero-order chi connectivity index (χ0) is 12.2. The van der Waals surface area contributed by atoms with Crippen molar-refractivity contribution in [1.29, 1.82) is 0 Å². The Labute approximate surface area is 96.6 Å². The molecule has 0 unspecified atom stereocenters. The summed E-state index contributed by atoms with van der Waals surface area (Å²) >= 11 is 0. The Balaban J connectivity index is 3.09. The van der Waals surface area contributed by atoms with Crippen molar-refractivity contribution in [2.75, 3.05) is 13.2 Å². The van der Waals surface area contributed by atoms with E-state index in [0.29, 0.717) is 0 Å². The molecule has 1 rings (SSSR count). The van der Waals surface area contributed by atoms with Crippen LogP contribution in [0.1, 0.15) is 13.8 Å². The highest BCUT2D eigenvalue weighted by Crippen LogP contribution is 2.17. The molecule has 0 bridgehead atoms. The molecule has 90 valence electrons. The fourth-order valence-electron chi connectivity index (χ4n) is 1.48. The molecule has 0 aliphatic rings. The van der Waals surface area contributed by atoms with Crippen molar-refractivity contribution >= 4 is 10.0 Å². The summed E-state index contributed by atoms with van der Waals surface area (Å²) in [5.41, 5.74) is 0. The third-order valence-electron chi connectivity index (χ3n) is 2.25. The van der Waals surface area contributed by atoms with Crippen LogP contribution in [0.3, 0.4) is 0 Å². The third-order valence-corrected chi connectivity index (χ3v) is 4.34. The van der Waals surface area contributed by atoms with Gasteiger partial charge in [0, 0.05) is 12.6 Å². The smallest absolute Gasteiger partial charge is 0.243 e. The molecular weight excluding hydrogens is 226 g/mol. The number of sulfonamides is 1. The lowest BCUT2D eigenvalue weighted by atomic mass is 10.4. The number of nitrogens with zero attached hydrogens (tertiary/aromatic N) is 1. The van der Waals surface area contributed by atoms with E-state index in [1.54, 1.807) is 44.2 Å². The molecule has 0 amide bonds. The maximum absolute atomic E-state index is 12.2. The molecular formula is C11H17NO3S. The van der Waals surface area contributed by atoms with Crippen molar-refractivity contribution in [3.05, 3.63) is 30.3 Å². The summed E-state index contributed by atoms with van der Waals surface area (Å²) in [6.07, 6.45) is 0. The first kappa shape index (κ1) is 13.2. The normalized spacial score (nSPS) is 12.3. The van der Waals surface area contributed by atoms with Gasteiger partial charge in [0.1, 0.15) is 0 Å². The van der Waals surface area contributed by atoms with Crippen molar-refractivity contribution in [2.45, 2.75) is 24.8 Å². The Morgan fingerprint density at radius 2 is 1.81 bits per heavy atom. The molecule has 0 aliphatic carbocycles. The van der Waals surface area contributed by atoms with E-state index in [1.807, 2.05) is 0 Å². The number of aliphatic hydroxyl groups is 1. The zero-order valence-corrected chi connectivity index (χ0v) is 10.3. The first-order valence-electron chi connectivity index (χ1n) is 5.18. The zero-order valence-electron chi connectivity index (χ0n) is 9.50. The van der Waals surface area contributed by atoms with Gasteiger partial charge in [0.2, 0.25) is 10.0 Å². The lowest BCUT2D eigenvalue weighted by Crippen LogP contribution is -2.38. The summed E-state index contributed by atoms with van der Waals surface area (Å²) in [7, 11) is -3.49. The van der Waals surface area contributed by atoms with E-state index in [4.69, 9.17) is 5.11 Å². The monoisotopic (exact) mass is 243 g/mol. The van der Waals surface area contributed by atoms with Crippen LogP contribution >= 0.6 is 0 Å². The minimum Gasteiger partial charge on any atom is -0.395 e. The van der Waals surface area contributed by atoms with Crippen LogP contribution in [0.4, 0.5) is 0 Å². The van der Waals surface area contributed by atoms with Gasteiger partial charge in [-0.25, -0.2) is 8.42 Å². The lowest BCUT2D eigenvalue weighted by molar-refractivity contribution is 0.236. The first-order valence-corrected chi connectivity index (χ1v) is 6.62. The van der Waals surface area contributed by atoms with E-state index in [9.17, 15) is 8.42 Å². The molecule has 0 saturated heterocycles. The van der Waals surface area contributed by atoms with Gasteiger partial charge in [-0.05, 0) is 26.0 Å². The van der Waals surface area contributed by atoms with Crippen LogP contribution in [0.5, 0.6) is 0 Å². The minimum absolute atomic E-state index is 0.120. The average Bonchev–Trinajstić information content (AvgIpc) is 2.26. The van der Waals surface area contributed by atoms with Crippen LogP contribution in [-0.2, 0) is 10.0 Å². The van der Waals surface area contributed by atoms with E-state index in [2.05, 4.69) is 0 Å². The van der Waals surface area contributed by atoms with Gasteiger partial charge >= 0.3 is 0 Å². The van der Waals surface area contributed by atoms with Crippen LogP contribution in [-0.4, -0.2) is 37.0 Å². The van der Waals surface area contributed by atoms with Crippen LogP contribution in [0, 0.1) is 0 Å². The van der Waals surface area contributed by atoms with Crippen LogP contribution in [0.25, 0.3) is 0 Å². The second-order valence-corrected chi connectivity index (χ2v) is 5.64. The van der Waals surface area contributed by atoms with Gasteiger partial charge in [0.05, 0.1) is 11.5 Å². The summed E-state index contributed by atoms with van der Waals surface area (Å²) in [5, 5.41) is 8.89. The molecule has 1 aromatic carbocycles. The Bertz CT molecular complexity index is 414. The number of hydrogen-bond donors (Lipinski definition) is 1. The van der Waals surface area contributed by atoms with E-state index in [0.717, 1.165) is 0 Å². The average molecular weight is 243 g/mol. The van der Waals surface area contributed by atoms with E-state index in [1.165, 1.54) is 4.31 Å². The predicted molar refractivity (Wildman–Crippen MR) is 62.6 cm³/mol. The maximum atomic E-state index is 12.2.